The van der Waals surface area contributed by atoms with E-state index in [4.69, 9.17) is 0 Å². The lowest BCUT2D eigenvalue weighted by Crippen LogP contribution is -2.09. The summed E-state index contributed by atoms with van der Waals surface area (Å²) in [5.74, 6) is 0. The van der Waals surface area contributed by atoms with Crippen molar-refractivity contribution < 1.29 is 0 Å². The molecule has 3 heterocycles. The summed E-state index contributed by atoms with van der Waals surface area (Å²) in [6, 6.07) is 75.6. The van der Waals surface area contributed by atoms with Gasteiger partial charge in [0.1, 0.15) is 0 Å². The number of rotatable bonds is 6. The van der Waals surface area contributed by atoms with Crippen molar-refractivity contribution in [3.05, 3.63) is 206 Å². The molecule has 2 nitrogen and oxygen atoms in total. The van der Waals surface area contributed by atoms with Crippen LogP contribution in [0.15, 0.2) is 206 Å². The van der Waals surface area contributed by atoms with E-state index in [9.17, 15) is 0 Å². The molecule has 9 aromatic carbocycles. The van der Waals surface area contributed by atoms with Crippen molar-refractivity contribution in [3.8, 4) is 33.4 Å². The first kappa shape index (κ1) is 32.1. The fourth-order valence-electron chi connectivity index (χ4n) is 9.00. The van der Waals surface area contributed by atoms with Gasteiger partial charge in [0.2, 0.25) is 0 Å². The maximum absolute atomic E-state index is 2.44. The Labute approximate surface area is 334 Å². The number of aromatic nitrogens is 1. The molecule has 0 aliphatic carbocycles. The molecule has 0 amide bonds. The van der Waals surface area contributed by atoms with Gasteiger partial charge in [-0.25, -0.2) is 0 Å². The van der Waals surface area contributed by atoms with Gasteiger partial charge in [-0.05, 0) is 106 Å². The van der Waals surface area contributed by atoms with Crippen LogP contribution >= 0.6 is 11.3 Å². The normalized spacial score (nSPS) is 11.9. The van der Waals surface area contributed by atoms with Crippen molar-refractivity contribution >= 4 is 86.7 Å². The molecule has 0 unspecified atom stereocenters. The largest absolute Gasteiger partial charge is 0.311 e. The standard InChI is InChI=1S/C54H34N2S/c1-2-9-35(10-3-1)36-17-25-41(26-18-36)55(43-29-21-38(22-30-43)40-24-32-53-49(34-40)45-12-5-7-16-52(45)57-53)42-27-19-37(20-28-42)39-23-31-51-48(33-39)47-14-8-13-46-44-11-4-6-15-50(44)56(51)54(46)47/h1-34H. The lowest BCUT2D eigenvalue weighted by atomic mass is 10.0. The van der Waals surface area contributed by atoms with E-state index in [1.54, 1.807) is 0 Å². The van der Waals surface area contributed by atoms with Gasteiger partial charge in [-0.1, -0.05) is 133 Å². The van der Waals surface area contributed by atoms with Crippen molar-refractivity contribution in [3.63, 3.8) is 0 Å². The molecule has 3 aromatic heterocycles. The summed E-state index contributed by atoms with van der Waals surface area (Å²) in [6.45, 7) is 0. The van der Waals surface area contributed by atoms with Gasteiger partial charge in [-0.15, -0.1) is 11.3 Å². The van der Waals surface area contributed by atoms with Crippen LogP contribution in [0.1, 0.15) is 0 Å². The summed E-state index contributed by atoms with van der Waals surface area (Å²) < 4.78 is 5.10. The zero-order valence-electron chi connectivity index (χ0n) is 30.9. The minimum Gasteiger partial charge on any atom is -0.311 e. The number of nitrogens with zero attached hydrogens (tertiary/aromatic N) is 2. The fourth-order valence-corrected chi connectivity index (χ4v) is 10.1. The number of thiophene rings is 1. The number of hydrogen-bond acceptors (Lipinski definition) is 2. The minimum atomic E-state index is 1.11. The molecule has 0 bridgehead atoms. The number of para-hydroxylation sites is 2. The summed E-state index contributed by atoms with van der Waals surface area (Å²) in [4.78, 5) is 2.36. The molecule has 0 fully saturated rings. The molecule has 12 rings (SSSR count). The molecule has 0 atom stereocenters. The smallest absolute Gasteiger partial charge is 0.0620 e. The lowest BCUT2D eigenvalue weighted by molar-refractivity contribution is 1.28. The van der Waals surface area contributed by atoms with E-state index in [1.807, 2.05) is 11.3 Å². The van der Waals surface area contributed by atoms with Gasteiger partial charge in [-0.2, -0.15) is 0 Å². The lowest BCUT2D eigenvalue weighted by Gasteiger charge is -2.26. The van der Waals surface area contributed by atoms with Crippen molar-refractivity contribution in [1.82, 2.24) is 4.40 Å². The van der Waals surface area contributed by atoms with Crippen molar-refractivity contribution in [2.24, 2.45) is 0 Å². The summed E-state index contributed by atoms with van der Waals surface area (Å²) in [5, 5.41) is 7.85. The third kappa shape index (κ3) is 5.10. The van der Waals surface area contributed by atoms with Crippen LogP contribution in [0.3, 0.4) is 0 Å². The molecular formula is C54H34N2S. The van der Waals surface area contributed by atoms with E-state index < -0.39 is 0 Å². The molecule has 0 saturated heterocycles. The number of fused-ring (bicyclic) bond motifs is 9. The molecule has 0 radical (unpaired) electrons. The van der Waals surface area contributed by atoms with Gasteiger partial charge in [0, 0.05) is 58.8 Å². The van der Waals surface area contributed by atoms with E-state index in [0.29, 0.717) is 0 Å². The first-order valence-corrected chi connectivity index (χ1v) is 20.3. The Morgan fingerprint density at radius 1 is 0.298 bits per heavy atom. The summed E-state index contributed by atoms with van der Waals surface area (Å²) in [5.41, 5.74) is 14.4. The molecule has 3 heteroatoms. The Morgan fingerprint density at radius 3 is 1.44 bits per heavy atom. The van der Waals surface area contributed by atoms with E-state index in [1.165, 1.54) is 91.6 Å². The van der Waals surface area contributed by atoms with Gasteiger partial charge in [-0.3, -0.25) is 0 Å². The fraction of sp³-hybridized carbons (Fsp3) is 0. The second kappa shape index (κ2) is 12.7. The molecule has 0 aliphatic rings. The Balaban J connectivity index is 0.929. The highest BCUT2D eigenvalue weighted by molar-refractivity contribution is 7.25. The highest BCUT2D eigenvalue weighted by Crippen LogP contribution is 2.42. The first-order valence-electron chi connectivity index (χ1n) is 19.5. The van der Waals surface area contributed by atoms with Crippen molar-refractivity contribution in [2.75, 3.05) is 4.90 Å². The topological polar surface area (TPSA) is 7.65 Å². The van der Waals surface area contributed by atoms with Crippen LogP contribution < -0.4 is 4.90 Å². The molecular weight excluding hydrogens is 709 g/mol. The van der Waals surface area contributed by atoms with Crippen molar-refractivity contribution in [1.29, 1.82) is 0 Å². The number of anilines is 3. The Bertz CT molecular complexity index is 3430. The average molecular weight is 743 g/mol. The third-order valence-corrected chi connectivity index (χ3v) is 12.9. The molecule has 0 saturated carbocycles. The summed E-state index contributed by atoms with van der Waals surface area (Å²) >= 11 is 1.86. The van der Waals surface area contributed by atoms with Crippen LogP contribution in [-0.2, 0) is 0 Å². The van der Waals surface area contributed by atoms with E-state index >= 15 is 0 Å². The van der Waals surface area contributed by atoms with Crippen LogP contribution in [-0.4, -0.2) is 4.40 Å². The molecule has 57 heavy (non-hydrogen) atoms. The predicted molar refractivity (Wildman–Crippen MR) is 245 cm³/mol. The molecule has 0 N–H and O–H groups in total. The predicted octanol–water partition coefficient (Wildman–Crippen LogP) is 15.7. The Hall–Kier alpha value is -7.20. The highest BCUT2D eigenvalue weighted by atomic mass is 32.1. The zero-order valence-corrected chi connectivity index (χ0v) is 31.7. The molecule has 0 aliphatic heterocycles. The first-order chi connectivity index (χ1) is 28.2. The van der Waals surface area contributed by atoms with E-state index in [0.717, 1.165) is 17.1 Å². The maximum Gasteiger partial charge on any atom is 0.0620 e. The summed E-state index contributed by atoms with van der Waals surface area (Å²) in [7, 11) is 0. The monoisotopic (exact) mass is 742 g/mol. The van der Waals surface area contributed by atoms with Gasteiger partial charge < -0.3 is 9.30 Å². The summed E-state index contributed by atoms with van der Waals surface area (Å²) in [6.07, 6.45) is 0. The molecule has 266 valence electrons. The second-order valence-corrected chi connectivity index (χ2v) is 16.0. The van der Waals surface area contributed by atoms with Crippen LogP contribution in [0.5, 0.6) is 0 Å². The van der Waals surface area contributed by atoms with Gasteiger partial charge in [0.05, 0.1) is 16.6 Å². The van der Waals surface area contributed by atoms with E-state index in [-0.39, 0.29) is 0 Å². The Morgan fingerprint density at radius 2 is 0.754 bits per heavy atom. The van der Waals surface area contributed by atoms with Crippen molar-refractivity contribution in [2.45, 2.75) is 0 Å². The number of hydrogen-bond donors (Lipinski definition) is 0. The molecule has 0 spiro atoms. The van der Waals surface area contributed by atoms with Crippen LogP contribution in [0.2, 0.25) is 0 Å². The van der Waals surface area contributed by atoms with Crippen LogP contribution in [0.4, 0.5) is 17.1 Å². The Kier molecular flexibility index (Phi) is 7.13. The average Bonchev–Trinajstić information content (AvgIpc) is 3.94. The van der Waals surface area contributed by atoms with Gasteiger partial charge in [0.15, 0.2) is 0 Å². The SMILES string of the molecule is c1ccc(-c2ccc(N(c3ccc(-c4ccc5sc6ccccc6c5c4)cc3)c3ccc(-c4ccc5c(c4)c4cccc6c7ccccc7n5c64)cc3)cc2)cc1. The van der Waals surface area contributed by atoms with E-state index in [2.05, 4.69) is 216 Å². The van der Waals surface area contributed by atoms with Gasteiger partial charge in [0.25, 0.3) is 0 Å². The van der Waals surface area contributed by atoms with Crippen LogP contribution in [0, 0.1) is 0 Å². The van der Waals surface area contributed by atoms with Crippen LogP contribution in [0.25, 0.3) is 91.6 Å². The zero-order chi connectivity index (χ0) is 37.5. The quantitative estimate of drug-likeness (QED) is 0.165. The number of benzene rings is 9. The maximum atomic E-state index is 2.44. The third-order valence-electron chi connectivity index (χ3n) is 11.7. The molecule has 12 aromatic rings. The second-order valence-electron chi connectivity index (χ2n) is 14.9. The highest BCUT2D eigenvalue weighted by Gasteiger charge is 2.18. The van der Waals surface area contributed by atoms with Gasteiger partial charge >= 0.3 is 0 Å². The minimum absolute atomic E-state index is 1.11.